The Morgan fingerprint density at radius 1 is 0.952 bits per heavy atom. The molecule has 21 heavy (non-hydrogen) atoms. The minimum Gasteiger partial charge on any atom is -0.489 e. The van der Waals surface area contributed by atoms with E-state index in [4.69, 9.17) is 27.9 Å². The summed E-state index contributed by atoms with van der Waals surface area (Å²) >= 11 is 11.8. The van der Waals surface area contributed by atoms with Gasteiger partial charge in [-0.15, -0.1) is 5.46 Å². The van der Waals surface area contributed by atoms with Crippen LogP contribution in [-0.2, 0) is 6.61 Å². The van der Waals surface area contributed by atoms with E-state index in [1.807, 2.05) is 0 Å². The minimum atomic E-state index is -4.98. The van der Waals surface area contributed by atoms with Crippen molar-refractivity contribution in [2.24, 2.45) is 0 Å². The van der Waals surface area contributed by atoms with E-state index in [2.05, 4.69) is 0 Å². The number of benzene rings is 2. The molecule has 0 saturated carbocycles. The average Bonchev–Trinajstić information content (AvgIpc) is 2.40. The minimum absolute atomic E-state index is 0. The fourth-order valence-electron chi connectivity index (χ4n) is 1.60. The normalized spacial score (nSPS) is 10.9. The van der Waals surface area contributed by atoms with E-state index < -0.39 is 12.4 Å². The zero-order chi connectivity index (χ0) is 14.8. The van der Waals surface area contributed by atoms with Crippen molar-refractivity contribution < 1.29 is 69.1 Å². The van der Waals surface area contributed by atoms with E-state index in [1.54, 1.807) is 18.2 Å². The third kappa shape index (κ3) is 5.46. The third-order valence-electron chi connectivity index (χ3n) is 2.68. The molecule has 8 heteroatoms. The third-order valence-corrected chi connectivity index (χ3v) is 3.54. The number of halogens is 5. The molecule has 2 aromatic carbocycles. The molecule has 0 spiro atoms. The van der Waals surface area contributed by atoms with Crippen molar-refractivity contribution in [3.63, 3.8) is 0 Å². The Kier molecular flexibility index (Phi) is 7.60. The van der Waals surface area contributed by atoms with Gasteiger partial charge in [-0.25, -0.2) is 0 Å². The van der Waals surface area contributed by atoms with Crippen LogP contribution in [0.15, 0.2) is 42.5 Å². The molecule has 0 atom stereocenters. The smallest absolute Gasteiger partial charge is 0.489 e. The molecule has 106 valence electrons. The Hall–Kier alpha value is 0.311. The van der Waals surface area contributed by atoms with Gasteiger partial charge in [0.2, 0.25) is 0 Å². The number of hydrogen-bond acceptors (Lipinski definition) is 1. The van der Waals surface area contributed by atoms with Gasteiger partial charge < -0.3 is 17.7 Å². The van der Waals surface area contributed by atoms with E-state index in [1.165, 1.54) is 12.1 Å². The second kappa shape index (κ2) is 8.24. The molecule has 0 amide bonds. The van der Waals surface area contributed by atoms with Crippen LogP contribution < -0.4 is 61.6 Å². The van der Waals surface area contributed by atoms with Crippen LogP contribution in [0.1, 0.15) is 5.56 Å². The number of hydrogen-bond donors (Lipinski definition) is 0. The summed E-state index contributed by atoms with van der Waals surface area (Å²) in [5.41, 5.74) is 0.0152. The molecule has 0 heterocycles. The van der Waals surface area contributed by atoms with Crippen LogP contribution in [-0.4, -0.2) is 6.98 Å². The van der Waals surface area contributed by atoms with Crippen LogP contribution in [0.3, 0.4) is 0 Å². The van der Waals surface area contributed by atoms with Crippen LogP contribution in [0.25, 0.3) is 0 Å². The molecule has 2 aromatic rings. The van der Waals surface area contributed by atoms with Gasteiger partial charge in [0.05, 0.1) is 10.0 Å². The number of ether oxygens (including phenoxy) is 1. The van der Waals surface area contributed by atoms with Gasteiger partial charge in [-0.3, -0.25) is 0 Å². The molecular formula is C13H9BCl2F3KO. The van der Waals surface area contributed by atoms with Gasteiger partial charge >= 0.3 is 58.4 Å². The summed E-state index contributed by atoms with van der Waals surface area (Å²) in [6.07, 6.45) is 0. The molecule has 2 rings (SSSR count). The fourth-order valence-corrected chi connectivity index (χ4v) is 1.98. The summed E-state index contributed by atoms with van der Waals surface area (Å²) in [5.74, 6) is 0.338. The summed E-state index contributed by atoms with van der Waals surface area (Å²) < 4.78 is 42.8. The predicted molar refractivity (Wildman–Crippen MR) is 75.9 cm³/mol. The van der Waals surface area contributed by atoms with Crippen molar-refractivity contribution in [2.75, 3.05) is 0 Å². The molecule has 0 aliphatic rings. The zero-order valence-corrected chi connectivity index (χ0v) is 15.8. The summed E-state index contributed by atoms with van der Waals surface area (Å²) in [4.78, 5) is 0. The largest absolute Gasteiger partial charge is 1.00 e. The molecule has 0 aromatic heterocycles. The van der Waals surface area contributed by atoms with Gasteiger partial charge in [-0.1, -0.05) is 47.5 Å². The Morgan fingerprint density at radius 2 is 1.57 bits per heavy atom. The first-order valence-corrected chi connectivity index (χ1v) is 6.49. The summed E-state index contributed by atoms with van der Waals surface area (Å²) in [7, 11) is 0. The maximum absolute atomic E-state index is 12.5. The van der Waals surface area contributed by atoms with Crippen LogP contribution in [0.5, 0.6) is 5.75 Å². The molecular weight excluding hydrogens is 350 g/mol. The van der Waals surface area contributed by atoms with Gasteiger partial charge in [-0.2, -0.15) is 0 Å². The van der Waals surface area contributed by atoms with Crippen molar-refractivity contribution in [1.82, 2.24) is 0 Å². The first kappa shape index (κ1) is 19.4. The van der Waals surface area contributed by atoms with Crippen LogP contribution >= 0.6 is 23.2 Å². The maximum Gasteiger partial charge on any atom is 1.00 e. The fraction of sp³-hybridized carbons (Fsp3) is 0.0769. The topological polar surface area (TPSA) is 9.23 Å². The van der Waals surface area contributed by atoms with Crippen LogP contribution in [0.4, 0.5) is 12.9 Å². The Bertz CT molecular complexity index is 605. The van der Waals surface area contributed by atoms with Crippen molar-refractivity contribution in [2.45, 2.75) is 6.61 Å². The molecule has 0 unspecified atom stereocenters. The zero-order valence-electron chi connectivity index (χ0n) is 11.1. The Labute approximate surface area is 173 Å². The predicted octanol–water partition coefficient (Wildman–Crippen LogP) is 1.63. The van der Waals surface area contributed by atoms with Crippen molar-refractivity contribution in [3.05, 3.63) is 58.1 Å². The van der Waals surface area contributed by atoms with E-state index in [-0.39, 0.29) is 58.0 Å². The standard InChI is InChI=1S/C13H9BCl2F3O.K/c15-12-3-1-2-9(13(12)16)8-20-11-6-4-10(5-7-11)14(17,18)19;/h1-7H,8H2;/q-1;+1. The molecule has 0 bridgehead atoms. The summed E-state index contributed by atoms with van der Waals surface area (Å²) in [5, 5.41) is 0.785. The molecule has 0 N–H and O–H groups in total. The second-order valence-electron chi connectivity index (χ2n) is 4.15. The molecule has 0 radical (unpaired) electrons. The Balaban J connectivity index is 0.00000220. The van der Waals surface area contributed by atoms with Gasteiger partial charge in [0, 0.05) is 5.56 Å². The molecule has 0 aliphatic heterocycles. The summed E-state index contributed by atoms with van der Waals surface area (Å²) in [6.45, 7) is -4.85. The first-order chi connectivity index (χ1) is 9.38. The first-order valence-electron chi connectivity index (χ1n) is 5.73. The van der Waals surface area contributed by atoms with Crippen molar-refractivity contribution >= 4 is 35.6 Å². The Morgan fingerprint density at radius 3 is 2.14 bits per heavy atom. The molecule has 0 aliphatic carbocycles. The van der Waals surface area contributed by atoms with E-state index in [0.717, 1.165) is 12.1 Å². The maximum atomic E-state index is 12.5. The second-order valence-corrected chi connectivity index (χ2v) is 4.93. The molecule has 0 fully saturated rings. The molecule has 0 saturated heterocycles. The van der Waals surface area contributed by atoms with Gasteiger partial charge in [0.15, 0.2) is 0 Å². The van der Waals surface area contributed by atoms with Gasteiger partial charge in [-0.05, 0) is 18.2 Å². The quantitative estimate of drug-likeness (QED) is 0.755. The van der Waals surface area contributed by atoms with Gasteiger partial charge in [0.1, 0.15) is 12.4 Å². The average molecular weight is 359 g/mol. The van der Waals surface area contributed by atoms with Gasteiger partial charge in [0.25, 0.3) is 0 Å². The monoisotopic (exact) mass is 358 g/mol. The van der Waals surface area contributed by atoms with E-state index in [9.17, 15) is 12.9 Å². The molecule has 1 nitrogen and oxygen atoms in total. The van der Waals surface area contributed by atoms with E-state index >= 15 is 0 Å². The summed E-state index contributed by atoms with van der Waals surface area (Å²) in [6, 6.07) is 9.66. The SMILES string of the molecule is F[B-](F)(F)c1ccc(OCc2cccc(Cl)c2Cl)cc1.[K+]. The van der Waals surface area contributed by atoms with Crippen molar-refractivity contribution in [1.29, 1.82) is 0 Å². The van der Waals surface area contributed by atoms with E-state index in [0.29, 0.717) is 21.4 Å². The van der Waals surface area contributed by atoms with Crippen LogP contribution in [0.2, 0.25) is 10.0 Å². The van der Waals surface area contributed by atoms with Crippen molar-refractivity contribution in [3.8, 4) is 5.75 Å². The number of rotatable bonds is 4. The van der Waals surface area contributed by atoms with Crippen LogP contribution in [0, 0.1) is 0 Å².